The zero-order valence-electron chi connectivity index (χ0n) is 4.09. The average Bonchev–Trinajstić information content (AvgIpc) is 1.21. The molecule has 0 nitrogen and oxygen atoms in total. The lowest BCUT2D eigenvalue weighted by Gasteiger charge is -1.95. The minimum atomic E-state index is -4.27. The second kappa shape index (κ2) is 2.40. The molecule has 0 aromatic carbocycles. The van der Waals surface area contributed by atoms with Crippen LogP contribution in [0.15, 0.2) is 11.1 Å². The summed E-state index contributed by atoms with van der Waals surface area (Å²) in [4.78, 5) is 0. The van der Waals surface area contributed by atoms with E-state index in [2.05, 4.69) is 0 Å². The maximum atomic E-state index is 11.1. The van der Waals surface area contributed by atoms with E-state index in [0.29, 0.717) is 0 Å². The summed E-state index contributed by atoms with van der Waals surface area (Å²) in [6, 6.07) is 0. The molecule has 0 rings (SSSR count). The predicted octanol–water partition coefficient (Wildman–Crippen LogP) is 2.69. The zero-order valence-corrected chi connectivity index (χ0v) is 4.85. The molecule has 0 radical (unpaired) electrons. The maximum Gasteiger partial charge on any atom is 0.410 e. The van der Waals surface area contributed by atoms with Crippen LogP contribution in [0.1, 0.15) is 6.92 Å². The van der Waals surface area contributed by atoms with Crippen LogP contribution in [0.2, 0.25) is 0 Å². The normalized spacial score (nSPS) is 14.4. The molecular weight excluding hydrogens is 140 g/mol. The number of rotatable bonds is 0. The summed E-state index contributed by atoms with van der Waals surface area (Å²) in [5, 5.41) is -0.252. The first kappa shape index (κ1) is 7.82. The number of hydrogen-bond donors (Lipinski definition) is 0. The highest BCUT2D eigenvalue weighted by molar-refractivity contribution is 6.29. The van der Waals surface area contributed by atoms with Gasteiger partial charge in [-0.05, 0) is 6.92 Å². The van der Waals surface area contributed by atoms with Gasteiger partial charge in [-0.1, -0.05) is 11.6 Å². The van der Waals surface area contributed by atoms with Crippen LogP contribution < -0.4 is 0 Å². The Kier molecular flexibility index (Phi) is 2.34. The second-order valence-corrected chi connectivity index (χ2v) is 1.87. The minimum absolute atomic E-state index is 0.0363. The Hall–Kier alpha value is -0.180. The van der Waals surface area contributed by atoms with Crippen LogP contribution in [0.4, 0.5) is 13.2 Å². The molecule has 0 aromatic rings. The van der Waals surface area contributed by atoms with Gasteiger partial charge in [-0.2, -0.15) is 13.2 Å². The van der Waals surface area contributed by atoms with Gasteiger partial charge in [-0.15, -0.1) is 0 Å². The number of hydrogen-bond acceptors (Lipinski definition) is 0. The van der Waals surface area contributed by atoms with Crippen LogP contribution in [0.25, 0.3) is 0 Å². The fraction of sp³-hybridized carbons (Fsp3) is 0.500. The van der Waals surface area contributed by atoms with Crippen molar-refractivity contribution in [3.8, 4) is 0 Å². The molecule has 0 N–H and O–H groups in total. The Balaban J connectivity index is 3.89. The van der Waals surface area contributed by atoms with Gasteiger partial charge in [-0.25, -0.2) is 0 Å². The predicted molar refractivity (Wildman–Crippen MR) is 25.7 cm³/mol. The van der Waals surface area contributed by atoms with Gasteiger partial charge in [0.05, 0.1) is 0 Å². The summed E-state index contributed by atoms with van der Waals surface area (Å²) >= 11 is 4.90. The summed E-state index contributed by atoms with van der Waals surface area (Å²) < 4.78 is 33.4. The summed E-state index contributed by atoms with van der Waals surface area (Å²) in [7, 11) is 0. The lowest BCUT2D eigenvalue weighted by atomic mass is 10.5. The van der Waals surface area contributed by atoms with Crippen molar-refractivity contribution in [2.24, 2.45) is 0 Å². The van der Waals surface area contributed by atoms with E-state index in [9.17, 15) is 13.2 Å². The number of alkyl halides is 3. The highest BCUT2D eigenvalue weighted by atomic mass is 35.5. The Morgan fingerprint density at radius 1 is 1.50 bits per heavy atom. The standard InChI is InChI=1S/C4H4ClF3/c1-3(5)2-4(6,7)8/h2H,1H3/b3-2-. The smallest absolute Gasteiger partial charge is 0.167 e. The van der Waals surface area contributed by atoms with Crippen LogP contribution >= 0.6 is 11.6 Å². The molecule has 0 spiro atoms. The van der Waals surface area contributed by atoms with E-state index in [-0.39, 0.29) is 11.1 Å². The Morgan fingerprint density at radius 2 is 1.88 bits per heavy atom. The first-order valence-corrected chi connectivity index (χ1v) is 2.21. The molecule has 0 aliphatic rings. The first-order valence-electron chi connectivity index (χ1n) is 1.83. The number of halogens is 4. The molecule has 0 fully saturated rings. The molecule has 0 amide bonds. The summed E-state index contributed by atoms with van der Waals surface area (Å²) in [6.07, 6.45) is -4.24. The lowest BCUT2D eigenvalue weighted by Crippen LogP contribution is -2.00. The molecule has 0 bridgehead atoms. The fourth-order valence-electron chi connectivity index (χ4n) is 0.226. The summed E-state index contributed by atoms with van der Waals surface area (Å²) in [5.41, 5.74) is 0. The monoisotopic (exact) mass is 144 g/mol. The number of allylic oxidation sites excluding steroid dienone is 2. The van der Waals surface area contributed by atoms with Gasteiger partial charge < -0.3 is 0 Å². The molecule has 8 heavy (non-hydrogen) atoms. The van der Waals surface area contributed by atoms with Crippen molar-refractivity contribution < 1.29 is 13.2 Å². The minimum Gasteiger partial charge on any atom is -0.167 e. The Labute approximate surface area is 49.9 Å². The van der Waals surface area contributed by atoms with E-state index in [1.165, 1.54) is 6.92 Å². The SMILES string of the molecule is C/C(Cl)=C/C(F)(F)F. The highest BCUT2D eigenvalue weighted by Crippen LogP contribution is 2.19. The van der Waals surface area contributed by atoms with Gasteiger partial charge in [-0.3, -0.25) is 0 Å². The largest absolute Gasteiger partial charge is 0.410 e. The van der Waals surface area contributed by atoms with Gasteiger partial charge >= 0.3 is 6.18 Å². The van der Waals surface area contributed by atoms with Gasteiger partial charge in [0.25, 0.3) is 0 Å². The third-order valence-electron chi connectivity index (χ3n) is 0.363. The topological polar surface area (TPSA) is 0 Å². The van der Waals surface area contributed by atoms with E-state index in [4.69, 9.17) is 11.6 Å². The van der Waals surface area contributed by atoms with Crippen molar-refractivity contribution in [2.75, 3.05) is 0 Å². The van der Waals surface area contributed by atoms with Crippen LogP contribution in [0.5, 0.6) is 0 Å². The summed E-state index contributed by atoms with van der Waals surface area (Å²) in [5.74, 6) is 0. The van der Waals surface area contributed by atoms with Crippen molar-refractivity contribution in [1.29, 1.82) is 0 Å². The van der Waals surface area contributed by atoms with Gasteiger partial charge in [0.2, 0.25) is 0 Å². The lowest BCUT2D eigenvalue weighted by molar-refractivity contribution is -0.0801. The average molecular weight is 145 g/mol. The Bertz CT molecular complexity index is 98.3. The van der Waals surface area contributed by atoms with Crippen LogP contribution in [-0.4, -0.2) is 6.18 Å². The third-order valence-corrected chi connectivity index (χ3v) is 0.472. The van der Waals surface area contributed by atoms with Crippen LogP contribution in [-0.2, 0) is 0 Å². The molecule has 0 atom stereocenters. The van der Waals surface area contributed by atoms with Gasteiger partial charge in [0.15, 0.2) is 0 Å². The van der Waals surface area contributed by atoms with E-state index in [0.717, 1.165) is 0 Å². The molecule has 0 saturated heterocycles. The molecule has 0 heterocycles. The molecule has 0 saturated carbocycles. The third kappa shape index (κ3) is 5.82. The second-order valence-electron chi connectivity index (χ2n) is 1.27. The van der Waals surface area contributed by atoms with Crippen molar-refractivity contribution in [3.05, 3.63) is 11.1 Å². The molecule has 4 heteroatoms. The zero-order chi connectivity index (χ0) is 6.78. The first-order chi connectivity index (χ1) is 3.42. The molecule has 0 aliphatic carbocycles. The molecule has 0 aliphatic heterocycles. The van der Waals surface area contributed by atoms with Crippen molar-refractivity contribution in [3.63, 3.8) is 0 Å². The quantitative estimate of drug-likeness (QED) is 0.490. The highest BCUT2D eigenvalue weighted by Gasteiger charge is 2.22. The van der Waals surface area contributed by atoms with Crippen molar-refractivity contribution in [1.82, 2.24) is 0 Å². The van der Waals surface area contributed by atoms with E-state index in [1.807, 2.05) is 0 Å². The van der Waals surface area contributed by atoms with E-state index in [1.54, 1.807) is 0 Å². The Morgan fingerprint density at radius 3 is 1.88 bits per heavy atom. The van der Waals surface area contributed by atoms with Crippen LogP contribution in [0, 0.1) is 0 Å². The molecule has 0 unspecified atom stereocenters. The van der Waals surface area contributed by atoms with Crippen molar-refractivity contribution in [2.45, 2.75) is 13.1 Å². The van der Waals surface area contributed by atoms with E-state index < -0.39 is 6.18 Å². The van der Waals surface area contributed by atoms with Gasteiger partial charge in [0, 0.05) is 11.1 Å². The maximum absolute atomic E-state index is 11.1. The van der Waals surface area contributed by atoms with Crippen molar-refractivity contribution >= 4 is 11.6 Å². The summed E-state index contributed by atoms with van der Waals surface area (Å²) in [6.45, 7) is 1.18. The molecule has 48 valence electrons. The molecule has 0 aromatic heterocycles. The van der Waals surface area contributed by atoms with Crippen LogP contribution in [0.3, 0.4) is 0 Å². The van der Waals surface area contributed by atoms with Gasteiger partial charge in [0.1, 0.15) is 0 Å². The molecular formula is C4H4ClF3. The fourth-order valence-corrected chi connectivity index (χ4v) is 0.349. The van der Waals surface area contributed by atoms with E-state index >= 15 is 0 Å².